The Kier molecular flexibility index (Phi) is 5.43. The number of hydrogen-bond donors (Lipinski definition) is 1. The molecule has 0 aliphatic carbocycles. The van der Waals surface area contributed by atoms with Gasteiger partial charge in [0.2, 0.25) is 5.88 Å². The number of halogens is 1. The van der Waals surface area contributed by atoms with Crippen molar-refractivity contribution in [3.8, 4) is 17.3 Å². The number of ether oxygens (including phenoxy) is 1. The molecule has 0 fully saturated rings. The molecule has 0 bridgehead atoms. The van der Waals surface area contributed by atoms with Gasteiger partial charge in [-0.05, 0) is 54.4 Å². The third-order valence-corrected chi connectivity index (χ3v) is 5.28. The number of nitrogens with one attached hydrogen (secondary N) is 1. The standard InChI is InChI=1S/C25H18FN5O3/c1-15-4-2-5-17(10-15)31-9-3-6-18(25(31)33)20(32)12-16-7-8-21(19(26)11-16)34-24-22-23(28-13-27-22)29-14-30-24/h2-11,13-14H,12H2,1H3,(H,27,28,29,30). The Hall–Kier alpha value is -4.66. The Balaban J connectivity index is 1.37. The predicted molar refractivity (Wildman–Crippen MR) is 123 cm³/mol. The summed E-state index contributed by atoms with van der Waals surface area (Å²) in [6.45, 7) is 1.92. The highest BCUT2D eigenvalue weighted by atomic mass is 19.1. The van der Waals surface area contributed by atoms with E-state index in [-0.39, 0.29) is 23.6 Å². The first-order chi connectivity index (χ1) is 16.5. The molecule has 0 spiro atoms. The van der Waals surface area contributed by atoms with Crippen LogP contribution < -0.4 is 10.3 Å². The lowest BCUT2D eigenvalue weighted by molar-refractivity contribution is 0.0991. The minimum Gasteiger partial charge on any atom is -0.434 e. The SMILES string of the molecule is Cc1cccc(-n2cccc(C(=O)Cc3ccc(Oc4ncnc5nc[nH]c45)c(F)c3)c2=O)c1. The van der Waals surface area contributed by atoms with Crippen molar-refractivity contribution in [1.82, 2.24) is 24.5 Å². The van der Waals surface area contributed by atoms with E-state index in [1.54, 1.807) is 24.4 Å². The second-order valence-corrected chi connectivity index (χ2v) is 7.68. The third-order valence-electron chi connectivity index (χ3n) is 5.28. The molecule has 2 aromatic carbocycles. The van der Waals surface area contributed by atoms with Crippen LogP contribution in [0.15, 0.2) is 78.2 Å². The van der Waals surface area contributed by atoms with Gasteiger partial charge in [-0.2, -0.15) is 4.98 Å². The zero-order valence-electron chi connectivity index (χ0n) is 18.0. The summed E-state index contributed by atoms with van der Waals surface area (Å²) >= 11 is 0. The molecule has 1 N–H and O–H groups in total. The van der Waals surface area contributed by atoms with Gasteiger partial charge in [0.1, 0.15) is 11.8 Å². The fourth-order valence-electron chi connectivity index (χ4n) is 3.63. The normalized spacial score (nSPS) is 11.0. The van der Waals surface area contributed by atoms with Crippen molar-refractivity contribution in [2.24, 2.45) is 0 Å². The van der Waals surface area contributed by atoms with Crippen LogP contribution in [0.5, 0.6) is 11.6 Å². The Bertz CT molecular complexity index is 1590. The largest absolute Gasteiger partial charge is 0.434 e. The highest BCUT2D eigenvalue weighted by Crippen LogP contribution is 2.27. The van der Waals surface area contributed by atoms with Crippen LogP contribution in [0.4, 0.5) is 4.39 Å². The minimum absolute atomic E-state index is 0.0346. The fraction of sp³-hybridized carbons (Fsp3) is 0.0800. The zero-order chi connectivity index (χ0) is 23.7. The lowest BCUT2D eigenvalue weighted by Crippen LogP contribution is -2.25. The maximum absolute atomic E-state index is 14.7. The van der Waals surface area contributed by atoms with Crippen LogP contribution in [-0.2, 0) is 6.42 Å². The van der Waals surface area contributed by atoms with Crippen molar-refractivity contribution in [2.45, 2.75) is 13.3 Å². The molecule has 9 heteroatoms. The number of aryl methyl sites for hydroxylation is 1. The Morgan fingerprint density at radius 3 is 2.79 bits per heavy atom. The van der Waals surface area contributed by atoms with E-state index in [1.165, 1.54) is 35.4 Å². The molecule has 34 heavy (non-hydrogen) atoms. The van der Waals surface area contributed by atoms with Gasteiger partial charge in [-0.15, -0.1) is 0 Å². The molecule has 0 atom stereocenters. The van der Waals surface area contributed by atoms with E-state index >= 15 is 0 Å². The van der Waals surface area contributed by atoms with Crippen LogP contribution >= 0.6 is 0 Å². The topological polar surface area (TPSA) is 103 Å². The summed E-state index contributed by atoms with van der Waals surface area (Å²) in [6.07, 6.45) is 4.19. The number of aromatic nitrogens is 5. The molecule has 0 aliphatic heterocycles. The molecule has 5 rings (SSSR count). The number of imidazole rings is 1. The van der Waals surface area contributed by atoms with Crippen LogP contribution in [0.1, 0.15) is 21.5 Å². The van der Waals surface area contributed by atoms with E-state index in [9.17, 15) is 14.0 Å². The Morgan fingerprint density at radius 1 is 1.09 bits per heavy atom. The maximum atomic E-state index is 14.7. The number of aromatic amines is 1. The number of Topliss-reactive ketones (excluding diaryl/α,β-unsaturated/α-hetero) is 1. The quantitative estimate of drug-likeness (QED) is 0.386. The number of pyridine rings is 1. The average Bonchev–Trinajstić information content (AvgIpc) is 3.31. The number of ketones is 1. The Labute approximate surface area is 192 Å². The molecule has 0 amide bonds. The number of hydrogen-bond acceptors (Lipinski definition) is 6. The smallest absolute Gasteiger partial charge is 0.265 e. The summed E-state index contributed by atoms with van der Waals surface area (Å²) < 4.78 is 21.8. The highest BCUT2D eigenvalue weighted by molar-refractivity contribution is 5.97. The molecular formula is C25H18FN5O3. The van der Waals surface area contributed by atoms with Gasteiger partial charge in [0, 0.05) is 18.3 Å². The molecular weight excluding hydrogens is 437 g/mol. The number of nitrogens with zero attached hydrogens (tertiary/aromatic N) is 4. The lowest BCUT2D eigenvalue weighted by Gasteiger charge is -2.10. The summed E-state index contributed by atoms with van der Waals surface area (Å²) in [5.41, 5.74) is 2.52. The van der Waals surface area contributed by atoms with Crippen LogP contribution in [0, 0.1) is 12.7 Å². The van der Waals surface area contributed by atoms with Gasteiger partial charge < -0.3 is 9.72 Å². The summed E-state index contributed by atoms with van der Waals surface area (Å²) in [5.74, 6) is -1.00. The minimum atomic E-state index is -0.665. The van der Waals surface area contributed by atoms with Gasteiger partial charge in [-0.1, -0.05) is 18.2 Å². The molecule has 168 valence electrons. The van der Waals surface area contributed by atoms with E-state index in [0.29, 0.717) is 22.4 Å². The number of fused-ring (bicyclic) bond motifs is 1. The molecule has 5 aromatic rings. The van der Waals surface area contributed by atoms with E-state index < -0.39 is 17.2 Å². The number of H-pyrrole nitrogens is 1. The first-order valence-electron chi connectivity index (χ1n) is 10.4. The van der Waals surface area contributed by atoms with Crippen molar-refractivity contribution < 1.29 is 13.9 Å². The number of carbonyl (C=O) groups excluding carboxylic acids is 1. The van der Waals surface area contributed by atoms with Crippen LogP contribution in [0.2, 0.25) is 0 Å². The van der Waals surface area contributed by atoms with Gasteiger partial charge >= 0.3 is 0 Å². The second kappa shape index (κ2) is 8.70. The molecule has 0 saturated carbocycles. The van der Waals surface area contributed by atoms with Crippen LogP contribution in [0.25, 0.3) is 16.9 Å². The van der Waals surface area contributed by atoms with E-state index in [0.717, 1.165) is 5.56 Å². The molecule has 0 unspecified atom stereocenters. The van der Waals surface area contributed by atoms with Crippen molar-refractivity contribution in [2.75, 3.05) is 0 Å². The van der Waals surface area contributed by atoms with Crippen LogP contribution in [-0.4, -0.2) is 30.3 Å². The van der Waals surface area contributed by atoms with E-state index in [2.05, 4.69) is 19.9 Å². The molecule has 0 aliphatic rings. The third kappa shape index (κ3) is 4.06. The second-order valence-electron chi connectivity index (χ2n) is 7.68. The van der Waals surface area contributed by atoms with Crippen molar-refractivity contribution in [3.05, 3.63) is 106 Å². The maximum Gasteiger partial charge on any atom is 0.265 e. The molecule has 8 nitrogen and oxygen atoms in total. The van der Waals surface area contributed by atoms with Gasteiger partial charge in [-0.25, -0.2) is 14.4 Å². The molecule has 3 aromatic heterocycles. The lowest BCUT2D eigenvalue weighted by atomic mass is 10.0. The predicted octanol–water partition coefficient (Wildman–Crippen LogP) is 4.17. The van der Waals surface area contributed by atoms with E-state index in [1.807, 2.05) is 25.1 Å². The summed E-state index contributed by atoms with van der Waals surface area (Å²) in [5, 5.41) is 0. The fourth-order valence-corrected chi connectivity index (χ4v) is 3.63. The molecule has 0 saturated heterocycles. The molecule has 0 radical (unpaired) electrons. The Morgan fingerprint density at radius 2 is 1.97 bits per heavy atom. The van der Waals surface area contributed by atoms with Gasteiger partial charge in [0.15, 0.2) is 23.0 Å². The van der Waals surface area contributed by atoms with Crippen molar-refractivity contribution >= 4 is 16.9 Å². The first-order valence-corrected chi connectivity index (χ1v) is 10.4. The number of carbonyl (C=O) groups is 1. The highest BCUT2D eigenvalue weighted by Gasteiger charge is 2.16. The summed E-state index contributed by atoms with van der Waals surface area (Å²) in [4.78, 5) is 40.7. The van der Waals surface area contributed by atoms with Gasteiger partial charge in [0.25, 0.3) is 5.56 Å². The van der Waals surface area contributed by atoms with Crippen molar-refractivity contribution in [3.63, 3.8) is 0 Å². The van der Waals surface area contributed by atoms with Crippen LogP contribution in [0.3, 0.4) is 0 Å². The number of benzene rings is 2. The zero-order valence-corrected chi connectivity index (χ0v) is 18.0. The van der Waals surface area contributed by atoms with E-state index in [4.69, 9.17) is 4.74 Å². The number of rotatable bonds is 6. The summed E-state index contributed by atoms with van der Waals surface area (Å²) in [6, 6.07) is 14.7. The summed E-state index contributed by atoms with van der Waals surface area (Å²) in [7, 11) is 0. The van der Waals surface area contributed by atoms with Gasteiger partial charge in [-0.3, -0.25) is 14.2 Å². The van der Waals surface area contributed by atoms with Gasteiger partial charge in [0.05, 0.1) is 11.9 Å². The average molecular weight is 455 g/mol. The van der Waals surface area contributed by atoms with Crippen molar-refractivity contribution in [1.29, 1.82) is 0 Å². The molecule has 3 heterocycles. The first kappa shape index (κ1) is 21.2. The monoisotopic (exact) mass is 455 g/mol.